The zero-order valence-electron chi connectivity index (χ0n) is 16.7. The van der Waals surface area contributed by atoms with Gasteiger partial charge in [0.2, 0.25) is 11.8 Å². The summed E-state index contributed by atoms with van der Waals surface area (Å²) in [5, 5.41) is 3.83. The van der Waals surface area contributed by atoms with Gasteiger partial charge in [0, 0.05) is 36.5 Å². The highest BCUT2D eigenvalue weighted by Crippen LogP contribution is 2.34. The van der Waals surface area contributed by atoms with E-state index in [-0.39, 0.29) is 24.3 Å². The molecule has 28 heavy (non-hydrogen) atoms. The Labute approximate surface area is 164 Å². The van der Waals surface area contributed by atoms with Crippen molar-refractivity contribution in [1.82, 2.24) is 15.2 Å². The largest absolute Gasteiger partial charge is 0.459 e. The van der Waals surface area contributed by atoms with E-state index in [2.05, 4.69) is 10.3 Å². The smallest absolute Gasteiger partial charge is 0.326 e. The van der Waals surface area contributed by atoms with Gasteiger partial charge in [0.05, 0.1) is 0 Å². The molecule has 0 saturated carbocycles. The second-order valence-electron chi connectivity index (χ2n) is 8.21. The molecule has 7 nitrogen and oxygen atoms in total. The molecule has 7 heteroatoms. The lowest BCUT2D eigenvalue weighted by molar-refractivity contribution is -0.160. The molecule has 0 aliphatic carbocycles. The summed E-state index contributed by atoms with van der Waals surface area (Å²) in [7, 11) is 0. The number of hydrogen-bond acceptors (Lipinski definition) is 4. The van der Waals surface area contributed by atoms with E-state index in [0.717, 1.165) is 16.5 Å². The quantitative estimate of drug-likeness (QED) is 0.790. The molecule has 0 bridgehead atoms. The minimum Gasteiger partial charge on any atom is -0.459 e. The Morgan fingerprint density at radius 1 is 1.29 bits per heavy atom. The van der Waals surface area contributed by atoms with Crippen LogP contribution in [0.1, 0.15) is 45.6 Å². The van der Waals surface area contributed by atoms with Gasteiger partial charge < -0.3 is 19.9 Å². The third-order valence-corrected chi connectivity index (χ3v) is 4.81. The zero-order chi connectivity index (χ0) is 20.5. The summed E-state index contributed by atoms with van der Waals surface area (Å²) in [6.07, 6.45) is 2.54. The molecule has 1 aliphatic heterocycles. The number of aromatic nitrogens is 1. The van der Waals surface area contributed by atoms with Gasteiger partial charge in [-0.25, -0.2) is 0 Å². The number of amides is 2. The summed E-state index contributed by atoms with van der Waals surface area (Å²) in [5.41, 5.74) is 1.38. The number of esters is 1. The highest BCUT2D eigenvalue weighted by molar-refractivity contribution is 5.92. The zero-order valence-corrected chi connectivity index (χ0v) is 16.7. The highest BCUT2D eigenvalue weighted by atomic mass is 16.6. The van der Waals surface area contributed by atoms with E-state index in [1.165, 1.54) is 11.8 Å². The number of H-pyrrole nitrogens is 1. The third kappa shape index (κ3) is 4.35. The molecule has 3 rings (SSSR count). The van der Waals surface area contributed by atoms with E-state index in [1.807, 2.05) is 30.5 Å². The maximum absolute atomic E-state index is 13.1. The van der Waals surface area contributed by atoms with Crippen LogP contribution in [0.4, 0.5) is 0 Å². The first-order valence-corrected chi connectivity index (χ1v) is 9.49. The van der Waals surface area contributed by atoms with Gasteiger partial charge in [0.15, 0.2) is 0 Å². The first-order valence-electron chi connectivity index (χ1n) is 9.49. The number of benzene rings is 1. The molecule has 1 aromatic carbocycles. The maximum Gasteiger partial charge on any atom is 0.326 e. The predicted octanol–water partition coefficient (Wildman–Crippen LogP) is 2.33. The Balaban J connectivity index is 1.83. The topological polar surface area (TPSA) is 91.5 Å². The van der Waals surface area contributed by atoms with Gasteiger partial charge >= 0.3 is 5.97 Å². The average Bonchev–Trinajstić information content (AvgIpc) is 3.00. The number of nitrogens with one attached hydrogen (secondary N) is 2. The van der Waals surface area contributed by atoms with E-state index in [4.69, 9.17) is 4.74 Å². The lowest BCUT2D eigenvalue weighted by Gasteiger charge is -2.38. The number of nitrogens with zero attached hydrogens (tertiary/aromatic N) is 1. The Bertz CT molecular complexity index is 896. The molecule has 2 amide bonds. The van der Waals surface area contributed by atoms with Gasteiger partial charge in [-0.2, -0.15) is 0 Å². The van der Waals surface area contributed by atoms with Crippen LogP contribution >= 0.6 is 0 Å². The van der Waals surface area contributed by atoms with Crippen molar-refractivity contribution in [2.45, 2.75) is 51.7 Å². The Kier molecular flexibility index (Phi) is 5.45. The van der Waals surface area contributed by atoms with Crippen LogP contribution < -0.4 is 5.32 Å². The summed E-state index contributed by atoms with van der Waals surface area (Å²) in [5.74, 6) is -1.15. The van der Waals surface area contributed by atoms with Gasteiger partial charge in [-0.05, 0) is 38.8 Å². The van der Waals surface area contributed by atoms with Crippen LogP contribution in [0.15, 0.2) is 30.5 Å². The molecular formula is C21H27N3O4. The van der Waals surface area contributed by atoms with E-state index in [1.54, 1.807) is 20.8 Å². The molecule has 1 aliphatic rings. The van der Waals surface area contributed by atoms with Crippen LogP contribution in [-0.4, -0.2) is 52.4 Å². The summed E-state index contributed by atoms with van der Waals surface area (Å²) < 4.78 is 5.34. The van der Waals surface area contributed by atoms with Crippen molar-refractivity contribution in [3.63, 3.8) is 0 Å². The second kappa shape index (κ2) is 7.66. The van der Waals surface area contributed by atoms with E-state index >= 15 is 0 Å². The number of likely N-dealkylation sites (tertiary alicyclic amines) is 1. The highest BCUT2D eigenvalue weighted by Gasteiger charge is 2.39. The van der Waals surface area contributed by atoms with Gasteiger partial charge in [-0.1, -0.05) is 18.2 Å². The molecular weight excluding hydrogens is 358 g/mol. The van der Waals surface area contributed by atoms with Gasteiger partial charge in [-0.3, -0.25) is 14.4 Å². The van der Waals surface area contributed by atoms with Crippen molar-refractivity contribution in [1.29, 1.82) is 0 Å². The second-order valence-corrected chi connectivity index (χ2v) is 8.21. The molecule has 2 aromatic rings. The van der Waals surface area contributed by atoms with Gasteiger partial charge in [0.25, 0.3) is 0 Å². The van der Waals surface area contributed by atoms with E-state index < -0.39 is 17.6 Å². The van der Waals surface area contributed by atoms with Crippen LogP contribution in [0.25, 0.3) is 10.9 Å². The van der Waals surface area contributed by atoms with E-state index in [9.17, 15) is 14.4 Å². The molecule has 150 valence electrons. The Hall–Kier alpha value is -2.83. The molecule has 0 radical (unpaired) electrons. The number of carbonyl (C=O) groups excluding carboxylic acids is 3. The minimum atomic E-state index is -0.715. The van der Waals surface area contributed by atoms with Crippen LogP contribution in [0.5, 0.6) is 0 Å². The molecule has 2 N–H and O–H groups in total. The fraction of sp³-hybridized carbons (Fsp3) is 0.476. The standard InChI is InChI=1S/C21H27N3O4/c1-13(25)23-19-15(16-11-22-17-8-6-5-7-14(16)17)9-10-24(20(19)27)12-18(26)28-21(2,3)4/h5-8,11,15,19,22H,9-10,12H2,1-4H3,(H,23,25)/t15-,19-/m1/s1. The molecule has 2 heterocycles. The predicted molar refractivity (Wildman–Crippen MR) is 106 cm³/mol. The number of hydrogen-bond donors (Lipinski definition) is 2. The van der Waals surface area contributed by atoms with Crippen molar-refractivity contribution in [2.24, 2.45) is 0 Å². The SMILES string of the molecule is CC(=O)N[C@H]1C(=O)N(CC(=O)OC(C)(C)C)CC[C@@H]1c1c[nH]c2ccccc12. The van der Waals surface area contributed by atoms with Gasteiger partial charge in [-0.15, -0.1) is 0 Å². The normalized spacial score (nSPS) is 20.3. The summed E-state index contributed by atoms with van der Waals surface area (Å²) in [6, 6.07) is 7.16. The summed E-state index contributed by atoms with van der Waals surface area (Å²) >= 11 is 0. The Morgan fingerprint density at radius 3 is 2.68 bits per heavy atom. The summed E-state index contributed by atoms with van der Waals surface area (Å²) in [6.45, 7) is 7.07. The number of ether oxygens (including phenoxy) is 1. The van der Waals surface area contributed by atoms with Crippen LogP contribution in [0, 0.1) is 0 Å². The monoisotopic (exact) mass is 385 g/mol. The number of carbonyl (C=O) groups is 3. The Morgan fingerprint density at radius 2 is 2.00 bits per heavy atom. The fourth-order valence-corrected chi connectivity index (χ4v) is 3.74. The van der Waals surface area contributed by atoms with Gasteiger partial charge in [0.1, 0.15) is 18.2 Å². The van der Waals surface area contributed by atoms with E-state index in [0.29, 0.717) is 13.0 Å². The van der Waals surface area contributed by atoms with Crippen LogP contribution in [0.2, 0.25) is 0 Å². The number of para-hydroxylation sites is 1. The number of rotatable bonds is 4. The van der Waals surface area contributed by atoms with Crippen molar-refractivity contribution in [3.8, 4) is 0 Å². The summed E-state index contributed by atoms with van der Waals surface area (Å²) in [4.78, 5) is 41.8. The molecule has 0 spiro atoms. The molecule has 2 atom stereocenters. The lowest BCUT2D eigenvalue weighted by Crippen LogP contribution is -2.56. The van der Waals surface area contributed by atoms with Crippen molar-refractivity contribution in [2.75, 3.05) is 13.1 Å². The lowest BCUT2D eigenvalue weighted by atomic mass is 9.84. The molecule has 0 unspecified atom stereocenters. The number of piperidine rings is 1. The van der Waals surface area contributed by atoms with Crippen LogP contribution in [0.3, 0.4) is 0 Å². The van der Waals surface area contributed by atoms with Crippen LogP contribution in [-0.2, 0) is 19.1 Å². The first-order chi connectivity index (χ1) is 13.2. The van der Waals surface area contributed by atoms with Crippen molar-refractivity contribution < 1.29 is 19.1 Å². The first kappa shape index (κ1) is 19.9. The fourth-order valence-electron chi connectivity index (χ4n) is 3.74. The molecule has 1 fully saturated rings. The maximum atomic E-state index is 13.1. The van der Waals surface area contributed by atoms with Crippen molar-refractivity contribution in [3.05, 3.63) is 36.0 Å². The molecule has 1 aromatic heterocycles. The number of aromatic amines is 1. The molecule has 1 saturated heterocycles. The average molecular weight is 385 g/mol. The van der Waals surface area contributed by atoms with Crippen molar-refractivity contribution >= 4 is 28.7 Å². The third-order valence-electron chi connectivity index (χ3n) is 4.81. The number of fused-ring (bicyclic) bond motifs is 1. The minimum absolute atomic E-state index is 0.118.